The molecule has 2 heterocycles. The van der Waals surface area contributed by atoms with E-state index in [2.05, 4.69) is 5.32 Å². The van der Waals surface area contributed by atoms with Gasteiger partial charge in [-0.25, -0.2) is 0 Å². The van der Waals surface area contributed by atoms with Crippen molar-refractivity contribution in [2.45, 2.75) is 44.2 Å². The lowest BCUT2D eigenvalue weighted by atomic mass is 10.1. The summed E-state index contributed by atoms with van der Waals surface area (Å²) in [5.41, 5.74) is 1.07. The van der Waals surface area contributed by atoms with Crippen LogP contribution in [0.3, 0.4) is 0 Å². The number of carbonyl (C=O) groups is 1. The molecule has 0 saturated carbocycles. The van der Waals surface area contributed by atoms with Crippen LogP contribution in [0.5, 0.6) is 11.5 Å². The fraction of sp³-hybridized carbons (Fsp3) is 0.611. The highest BCUT2D eigenvalue weighted by Gasteiger charge is 2.30. The second-order valence-corrected chi connectivity index (χ2v) is 6.49. The predicted molar refractivity (Wildman–Crippen MR) is 89.0 cm³/mol. The SMILES string of the molecule is COc1cc(CCC(=O)N2CCC3CCC(C2)N3)cc(OC)c1. The van der Waals surface area contributed by atoms with Crippen LogP contribution in [0.25, 0.3) is 0 Å². The molecular weight excluding hydrogens is 292 g/mol. The molecule has 2 bridgehead atoms. The molecule has 2 aliphatic rings. The monoisotopic (exact) mass is 318 g/mol. The van der Waals surface area contributed by atoms with Gasteiger partial charge in [0.15, 0.2) is 0 Å². The Labute approximate surface area is 137 Å². The lowest BCUT2D eigenvalue weighted by molar-refractivity contribution is -0.131. The molecule has 1 N–H and O–H groups in total. The Morgan fingerprint density at radius 2 is 1.83 bits per heavy atom. The summed E-state index contributed by atoms with van der Waals surface area (Å²) in [6.45, 7) is 1.74. The van der Waals surface area contributed by atoms with Crippen LogP contribution < -0.4 is 14.8 Å². The van der Waals surface area contributed by atoms with Crippen LogP contribution in [0, 0.1) is 0 Å². The van der Waals surface area contributed by atoms with E-state index >= 15 is 0 Å². The van der Waals surface area contributed by atoms with Crippen LogP contribution in [0.15, 0.2) is 18.2 Å². The van der Waals surface area contributed by atoms with Crippen molar-refractivity contribution in [1.82, 2.24) is 10.2 Å². The average molecular weight is 318 g/mol. The molecule has 5 heteroatoms. The van der Waals surface area contributed by atoms with E-state index in [-0.39, 0.29) is 5.91 Å². The Bertz CT molecular complexity index is 539. The topological polar surface area (TPSA) is 50.8 Å². The van der Waals surface area contributed by atoms with E-state index < -0.39 is 0 Å². The Hall–Kier alpha value is -1.75. The van der Waals surface area contributed by atoms with Gasteiger partial charge in [0.05, 0.1) is 14.2 Å². The lowest BCUT2D eigenvalue weighted by Gasteiger charge is -2.24. The maximum Gasteiger partial charge on any atom is 0.222 e. The molecule has 0 radical (unpaired) electrons. The minimum atomic E-state index is 0.251. The number of nitrogens with zero attached hydrogens (tertiary/aromatic N) is 1. The van der Waals surface area contributed by atoms with Gasteiger partial charge in [-0.2, -0.15) is 0 Å². The lowest BCUT2D eigenvalue weighted by Crippen LogP contribution is -2.39. The quantitative estimate of drug-likeness (QED) is 0.902. The largest absolute Gasteiger partial charge is 0.497 e. The van der Waals surface area contributed by atoms with E-state index in [1.54, 1.807) is 14.2 Å². The van der Waals surface area contributed by atoms with Gasteiger partial charge in [0.2, 0.25) is 5.91 Å². The third-order valence-electron chi connectivity index (χ3n) is 4.91. The number of rotatable bonds is 5. The fourth-order valence-corrected chi connectivity index (χ4v) is 3.59. The summed E-state index contributed by atoms with van der Waals surface area (Å²) in [5.74, 6) is 1.78. The Morgan fingerprint density at radius 1 is 1.13 bits per heavy atom. The minimum Gasteiger partial charge on any atom is -0.497 e. The standard InChI is InChI=1S/C18H26N2O3/c1-22-16-9-13(10-17(11-16)23-2)3-6-18(21)20-8-7-14-4-5-15(12-20)19-14/h9-11,14-15,19H,3-8,12H2,1-2H3. The number of aryl methyl sites for hydroxylation is 1. The van der Waals surface area contributed by atoms with Crippen molar-refractivity contribution >= 4 is 5.91 Å². The zero-order valence-electron chi connectivity index (χ0n) is 14.0. The average Bonchev–Trinajstić information content (AvgIpc) is 2.91. The summed E-state index contributed by atoms with van der Waals surface area (Å²) in [7, 11) is 3.28. The second-order valence-electron chi connectivity index (χ2n) is 6.49. The third kappa shape index (κ3) is 3.96. The Kier molecular flexibility index (Phi) is 5.06. The van der Waals surface area contributed by atoms with Gasteiger partial charge in [-0.15, -0.1) is 0 Å². The van der Waals surface area contributed by atoms with E-state index in [1.807, 2.05) is 23.1 Å². The highest BCUT2D eigenvalue weighted by Crippen LogP contribution is 2.24. The summed E-state index contributed by atoms with van der Waals surface area (Å²) in [6.07, 6.45) is 4.78. The number of likely N-dealkylation sites (tertiary alicyclic amines) is 1. The summed E-state index contributed by atoms with van der Waals surface area (Å²) in [4.78, 5) is 14.6. The molecule has 2 saturated heterocycles. The molecule has 1 aromatic rings. The molecule has 5 nitrogen and oxygen atoms in total. The molecule has 1 amide bonds. The van der Waals surface area contributed by atoms with Crippen molar-refractivity contribution in [3.8, 4) is 11.5 Å². The minimum absolute atomic E-state index is 0.251. The van der Waals surface area contributed by atoms with Crippen LogP contribution in [0.2, 0.25) is 0 Å². The van der Waals surface area contributed by atoms with Gasteiger partial charge in [-0.05, 0) is 43.4 Å². The van der Waals surface area contributed by atoms with Gasteiger partial charge < -0.3 is 19.7 Å². The number of nitrogens with one attached hydrogen (secondary N) is 1. The molecule has 23 heavy (non-hydrogen) atoms. The first-order valence-electron chi connectivity index (χ1n) is 8.43. The number of benzene rings is 1. The highest BCUT2D eigenvalue weighted by atomic mass is 16.5. The molecule has 126 valence electrons. The van der Waals surface area contributed by atoms with Crippen molar-refractivity contribution in [3.63, 3.8) is 0 Å². The van der Waals surface area contributed by atoms with E-state index in [0.29, 0.717) is 24.9 Å². The van der Waals surface area contributed by atoms with Gasteiger partial charge >= 0.3 is 0 Å². The molecular formula is C18H26N2O3. The van der Waals surface area contributed by atoms with E-state index in [1.165, 1.54) is 12.8 Å². The zero-order chi connectivity index (χ0) is 16.2. The molecule has 1 aromatic carbocycles. The molecule has 2 fully saturated rings. The van der Waals surface area contributed by atoms with Crippen LogP contribution in [-0.2, 0) is 11.2 Å². The van der Waals surface area contributed by atoms with E-state index in [4.69, 9.17) is 9.47 Å². The highest BCUT2D eigenvalue weighted by molar-refractivity contribution is 5.76. The predicted octanol–water partition coefficient (Wildman–Crippen LogP) is 1.99. The first kappa shape index (κ1) is 16.1. The first-order valence-corrected chi connectivity index (χ1v) is 8.43. The van der Waals surface area contributed by atoms with Gasteiger partial charge in [-0.3, -0.25) is 4.79 Å². The normalized spacial score (nSPS) is 23.5. The van der Waals surface area contributed by atoms with Crippen molar-refractivity contribution in [2.75, 3.05) is 27.3 Å². The number of methoxy groups -OCH3 is 2. The van der Waals surface area contributed by atoms with E-state index in [9.17, 15) is 4.79 Å². The van der Waals surface area contributed by atoms with Crippen LogP contribution in [-0.4, -0.2) is 50.2 Å². The maximum absolute atomic E-state index is 12.5. The van der Waals surface area contributed by atoms with Crippen molar-refractivity contribution < 1.29 is 14.3 Å². The van der Waals surface area contributed by atoms with Gasteiger partial charge in [-0.1, -0.05) is 0 Å². The molecule has 2 atom stereocenters. The number of carbonyl (C=O) groups excluding carboxylic acids is 1. The second kappa shape index (κ2) is 7.21. The molecule has 0 aliphatic carbocycles. The van der Waals surface area contributed by atoms with Crippen LogP contribution >= 0.6 is 0 Å². The first-order chi connectivity index (χ1) is 11.2. The summed E-state index contributed by atoms with van der Waals surface area (Å²) in [6, 6.07) is 6.90. The molecule has 0 aromatic heterocycles. The third-order valence-corrected chi connectivity index (χ3v) is 4.91. The van der Waals surface area contributed by atoms with Crippen LogP contribution in [0.4, 0.5) is 0 Å². The summed E-state index contributed by atoms with van der Waals surface area (Å²) < 4.78 is 10.6. The van der Waals surface area contributed by atoms with Crippen molar-refractivity contribution in [2.24, 2.45) is 0 Å². The van der Waals surface area contributed by atoms with Crippen LogP contribution in [0.1, 0.15) is 31.2 Å². The smallest absolute Gasteiger partial charge is 0.222 e. The summed E-state index contributed by atoms with van der Waals surface area (Å²) >= 11 is 0. The Balaban J connectivity index is 1.58. The van der Waals surface area contributed by atoms with Crippen molar-refractivity contribution in [3.05, 3.63) is 23.8 Å². The molecule has 3 rings (SSSR count). The van der Waals surface area contributed by atoms with Gasteiger partial charge in [0, 0.05) is 37.7 Å². The molecule has 2 unspecified atom stereocenters. The zero-order valence-corrected chi connectivity index (χ0v) is 14.0. The van der Waals surface area contributed by atoms with Gasteiger partial charge in [0.1, 0.15) is 11.5 Å². The number of fused-ring (bicyclic) bond motifs is 2. The van der Waals surface area contributed by atoms with Crippen molar-refractivity contribution in [1.29, 1.82) is 0 Å². The fourth-order valence-electron chi connectivity index (χ4n) is 3.59. The van der Waals surface area contributed by atoms with Gasteiger partial charge in [0.25, 0.3) is 0 Å². The molecule has 0 spiro atoms. The maximum atomic E-state index is 12.5. The number of hydrogen-bond acceptors (Lipinski definition) is 4. The number of ether oxygens (including phenoxy) is 2. The molecule has 2 aliphatic heterocycles. The van der Waals surface area contributed by atoms with E-state index in [0.717, 1.165) is 36.6 Å². The Morgan fingerprint density at radius 3 is 2.52 bits per heavy atom. The number of hydrogen-bond donors (Lipinski definition) is 1. The number of amides is 1. The summed E-state index contributed by atoms with van der Waals surface area (Å²) in [5, 5.41) is 3.61.